The number of hydrogen-bond donors (Lipinski definition) is 1. The number of amides is 1. The fourth-order valence-electron chi connectivity index (χ4n) is 2.06. The maximum atomic E-state index is 13.2. The van der Waals surface area contributed by atoms with E-state index in [0.29, 0.717) is 11.3 Å². The standard InChI is InChI=1S/C18H16FNO4/c1-11(21)13-4-3-5-15(8-13)20-18(23)10-24-17-7-6-14(19)9-16(17)12(2)22/h3-9H,10H2,1-2H3,(H,20,23). The zero-order valence-electron chi connectivity index (χ0n) is 13.3. The highest BCUT2D eigenvalue weighted by Gasteiger charge is 2.12. The molecule has 0 saturated heterocycles. The second-order valence-electron chi connectivity index (χ2n) is 5.17. The van der Waals surface area contributed by atoms with Crippen LogP contribution in [0.1, 0.15) is 34.6 Å². The van der Waals surface area contributed by atoms with Gasteiger partial charge in [0.05, 0.1) is 5.56 Å². The minimum Gasteiger partial charge on any atom is -0.483 e. The van der Waals surface area contributed by atoms with Crippen molar-refractivity contribution in [2.45, 2.75) is 13.8 Å². The van der Waals surface area contributed by atoms with Gasteiger partial charge in [0.25, 0.3) is 5.91 Å². The lowest BCUT2D eigenvalue weighted by Gasteiger charge is -2.10. The molecular formula is C18H16FNO4. The van der Waals surface area contributed by atoms with E-state index in [4.69, 9.17) is 4.74 Å². The summed E-state index contributed by atoms with van der Waals surface area (Å²) in [6.45, 7) is 2.37. The van der Waals surface area contributed by atoms with Crippen molar-refractivity contribution >= 4 is 23.2 Å². The summed E-state index contributed by atoms with van der Waals surface area (Å²) in [4.78, 5) is 34.7. The molecule has 2 aromatic carbocycles. The maximum Gasteiger partial charge on any atom is 0.262 e. The first-order chi connectivity index (χ1) is 11.4. The zero-order valence-corrected chi connectivity index (χ0v) is 13.3. The number of rotatable bonds is 6. The second-order valence-corrected chi connectivity index (χ2v) is 5.17. The van der Waals surface area contributed by atoms with Crippen molar-refractivity contribution in [2.24, 2.45) is 0 Å². The van der Waals surface area contributed by atoms with Crippen molar-refractivity contribution in [3.63, 3.8) is 0 Å². The van der Waals surface area contributed by atoms with Crippen molar-refractivity contribution < 1.29 is 23.5 Å². The predicted molar refractivity (Wildman–Crippen MR) is 87.0 cm³/mol. The molecule has 0 spiro atoms. The highest BCUT2D eigenvalue weighted by Crippen LogP contribution is 2.20. The molecule has 0 atom stereocenters. The summed E-state index contributed by atoms with van der Waals surface area (Å²) < 4.78 is 18.5. The average Bonchev–Trinajstić information content (AvgIpc) is 2.53. The minimum atomic E-state index is -0.557. The molecule has 0 aliphatic heterocycles. The molecule has 0 aliphatic rings. The largest absolute Gasteiger partial charge is 0.483 e. The van der Waals surface area contributed by atoms with Gasteiger partial charge in [0.1, 0.15) is 11.6 Å². The lowest BCUT2D eigenvalue weighted by Crippen LogP contribution is -2.21. The van der Waals surface area contributed by atoms with E-state index in [1.54, 1.807) is 24.3 Å². The second kappa shape index (κ2) is 7.50. The number of ketones is 2. The van der Waals surface area contributed by atoms with Gasteiger partial charge >= 0.3 is 0 Å². The van der Waals surface area contributed by atoms with Crippen LogP contribution in [0.4, 0.5) is 10.1 Å². The van der Waals surface area contributed by atoms with Crippen LogP contribution in [0.3, 0.4) is 0 Å². The van der Waals surface area contributed by atoms with Gasteiger partial charge in [-0.2, -0.15) is 0 Å². The number of Topliss-reactive ketones (excluding diaryl/α,β-unsaturated/α-hetero) is 2. The molecule has 0 saturated carbocycles. The number of nitrogens with one attached hydrogen (secondary N) is 1. The quantitative estimate of drug-likeness (QED) is 0.826. The maximum absolute atomic E-state index is 13.2. The molecule has 0 heterocycles. The van der Waals surface area contributed by atoms with Gasteiger partial charge in [0, 0.05) is 11.3 Å². The average molecular weight is 329 g/mol. The van der Waals surface area contributed by atoms with Gasteiger partial charge in [-0.25, -0.2) is 4.39 Å². The summed E-state index contributed by atoms with van der Waals surface area (Å²) in [5.74, 6) is -1.36. The normalized spacial score (nSPS) is 10.1. The molecule has 1 amide bonds. The van der Waals surface area contributed by atoms with Gasteiger partial charge in [-0.05, 0) is 44.2 Å². The number of hydrogen-bond acceptors (Lipinski definition) is 4. The summed E-state index contributed by atoms with van der Waals surface area (Å²) in [6.07, 6.45) is 0. The first-order valence-electron chi connectivity index (χ1n) is 7.21. The monoisotopic (exact) mass is 329 g/mol. The van der Waals surface area contributed by atoms with Crippen molar-refractivity contribution in [3.8, 4) is 5.75 Å². The number of anilines is 1. The highest BCUT2D eigenvalue weighted by molar-refractivity contribution is 5.98. The molecule has 0 aromatic heterocycles. The van der Waals surface area contributed by atoms with E-state index in [0.717, 1.165) is 12.1 Å². The molecule has 6 heteroatoms. The summed E-state index contributed by atoms with van der Waals surface area (Å²) in [5.41, 5.74) is 1.01. The highest BCUT2D eigenvalue weighted by atomic mass is 19.1. The molecule has 124 valence electrons. The van der Waals surface area contributed by atoms with E-state index in [1.165, 1.54) is 19.9 Å². The summed E-state index contributed by atoms with van der Waals surface area (Å²) >= 11 is 0. The van der Waals surface area contributed by atoms with Crippen LogP contribution < -0.4 is 10.1 Å². The van der Waals surface area contributed by atoms with E-state index in [-0.39, 0.29) is 29.5 Å². The first kappa shape index (κ1) is 17.3. The molecule has 1 N–H and O–H groups in total. The Balaban J connectivity index is 2.03. The number of ether oxygens (including phenoxy) is 1. The number of carbonyl (C=O) groups is 3. The summed E-state index contributed by atoms with van der Waals surface area (Å²) in [6, 6.07) is 10.0. The van der Waals surface area contributed by atoms with E-state index in [9.17, 15) is 18.8 Å². The Labute approximate surface area is 138 Å². The molecule has 2 aromatic rings. The Morgan fingerprint density at radius 1 is 1.04 bits per heavy atom. The minimum absolute atomic E-state index is 0.0707. The lowest BCUT2D eigenvalue weighted by atomic mass is 10.1. The van der Waals surface area contributed by atoms with Crippen LogP contribution in [0.5, 0.6) is 5.75 Å². The van der Waals surface area contributed by atoms with Crippen LogP contribution in [-0.4, -0.2) is 24.1 Å². The molecule has 0 fully saturated rings. The van der Waals surface area contributed by atoms with Gasteiger partial charge in [0.2, 0.25) is 0 Å². The third-order valence-corrected chi connectivity index (χ3v) is 3.23. The molecule has 0 bridgehead atoms. The van der Waals surface area contributed by atoms with Gasteiger partial charge in [0.15, 0.2) is 18.2 Å². The van der Waals surface area contributed by atoms with Crippen molar-refractivity contribution in [1.82, 2.24) is 0 Å². The molecule has 24 heavy (non-hydrogen) atoms. The zero-order chi connectivity index (χ0) is 17.7. The van der Waals surface area contributed by atoms with Crippen LogP contribution in [-0.2, 0) is 4.79 Å². The van der Waals surface area contributed by atoms with E-state index < -0.39 is 11.7 Å². The van der Waals surface area contributed by atoms with Crippen molar-refractivity contribution in [2.75, 3.05) is 11.9 Å². The van der Waals surface area contributed by atoms with E-state index in [2.05, 4.69) is 5.32 Å². The Kier molecular flexibility index (Phi) is 5.42. The van der Waals surface area contributed by atoms with E-state index in [1.807, 2.05) is 0 Å². The van der Waals surface area contributed by atoms with Gasteiger partial charge in [-0.3, -0.25) is 14.4 Å². The Bertz CT molecular complexity index is 801. The van der Waals surface area contributed by atoms with Crippen molar-refractivity contribution in [1.29, 1.82) is 0 Å². The molecule has 0 aliphatic carbocycles. The van der Waals surface area contributed by atoms with Crippen LogP contribution >= 0.6 is 0 Å². The van der Waals surface area contributed by atoms with Crippen LogP contribution in [0.15, 0.2) is 42.5 Å². The summed E-state index contributed by atoms with van der Waals surface area (Å²) in [7, 11) is 0. The number of halogens is 1. The van der Waals surface area contributed by atoms with Crippen molar-refractivity contribution in [3.05, 3.63) is 59.4 Å². The molecule has 5 nitrogen and oxygen atoms in total. The van der Waals surface area contributed by atoms with Gasteiger partial charge in [-0.1, -0.05) is 12.1 Å². The Hall–Kier alpha value is -3.02. The Morgan fingerprint density at radius 2 is 1.79 bits per heavy atom. The van der Waals surface area contributed by atoms with Crippen LogP contribution in [0.25, 0.3) is 0 Å². The van der Waals surface area contributed by atoms with Gasteiger partial charge < -0.3 is 10.1 Å². The predicted octanol–water partition coefficient (Wildman–Crippen LogP) is 3.25. The molecule has 0 radical (unpaired) electrons. The fourth-order valence-corrected chi connectivity index (χ4v) is 2.06. The molecular weight excluding hydrogens is 313 g/mol. The summed E-state index contributed by atoms with van der Waals surface area (Å²) in [5, 5.41) is 2.59. The lowest BCUT2D eigenvalue weighted by molar-refractivity contribution is -0.118. The van der Waals surface area contributed by atoms with Crippen LogP contribution in [0, 0.1) is 5.82 Å². The number of carbonyl (C=O) groups excluding carboxylic acids is 3. The molecule has 0 unspecified atom stereocenters. The van der Waals surface area contributed by atoms with Crippen LogP contribution in [0.2, 0.25) is 0 Å². The Morgan fingerprint density at radius 3 is 2.46 bits per heavy atom. The topological polar surface area (TPSA) is 72.5 Å². The molecule has 2 rings (SSSR count). The third-order valence-electron chi connectivity index (χ3n) is 3.23. The smallest absolute Gasteiger partial charge is 0.262 e. The first-order valence-corrected chi connectivity index (χ1v) is 7.21. The SMILES string of the molecule is CC(=O)c1cccc(NC(=O)COc2ccc(F)cc2C(C)=O)c1. The van der Waals surface area contributed by atoms with E-state index >= 15 is 0 Å². The number of benzene rings is 2. The fraction of sp³-hybridized carbons (Fsp3) is 0.167. The third kappa shape index (κ3) is 4.49. The van der Waals surface area contributed by atoms with Gasteiger partial charge in [-0.15, -0.1) is 0 Å².